The van der Waals surface area contributed by atoms with Crippen molar-refractivity contribution < 1.29 is 4.39 Å². The van der Waals surface area contributed by atoms with Crippen molar-refractivity contribution in [1.29, 1.82) is 0 Å². The molecular formula is C18H22FN. The predicted molar refractivity (Wildman–Crippen MR) is 82.6 cm³/mol. The van der Waals surface area contributed by atoms with Gasteiger partial charge in [-0.15, -0.1) is 0 Å². The van der Waals surface area contributed by atoms with Crippen LogP contribution in [0.4, 0.5) is 4.39 Å². The molecule has 2 heteroatoms. The van der Waals surface area contributed by atoms with E-state index in [1.165, 1.54) is 17.2 Å². The maximum absolute atomic E-state index is 13.4. The minimum Gasteiger partial charge on any atom is -0.316 e. The van der Waals surface area contributed by atoms with Gasteiger partial charge in [0.1, 0.15) is 5.82 Å². The molecule has 0 saturated heterocycles. The lowest BCUT2D eigenvalue weighted by molar-refractivity contribution is 0.551. The van der Waals surface area contributed by atoms with E-state index in [4.69, 9.17) is 0 Å². The Bertz CT molecular complexity index is 560. The average molecular weight is 271 g/mol. The molecule has 1 nitrogen and oxygen atoms in total. The van der Waals surface area contributed by atoms with Gasteiger partial charge in [-0.3, -0.25) is 0 Å². The molecule has 0 aliphatic heterocycles. The van der Waals surface area contributed by atoms with Crippen molar-refractivity contribution >= 4 is 0 Å². The molecule has 2 aromatic carbocycles. The van der Waals surface area contributed by atoms with Gasteiger partial charge < -0.3 is 5.32 Å². The predicted octanol–water partition coefficient (Wildman–Crippen LogP) is 3.82. The topological polar surface area (TPSA) is 12.0 Å². The van der Waals surface area contributed by atoms with Crippen molar-refractivity contribution in [3.05, 3.63) is 70.5 Å². The molecule has 0 bridgehead atoms. The van der Waals surface area contributed by atoms with E-state index in [-0.39, 0.29) is 5.82 Å². The number of nitrogens with one attached hydrogen (secondary N) is 1. The largest absolute Gasteiger partial charge is 0.316 e. The Balaban J connectivity index is 2.08. The Hall–Kier alpha value is -1.67. The van der Waals surface area contributed by atoms with E-state index >= 15 is 0 Å². The second-order valence-electron chi connectivity index (χ2n) is 5.45. The van der Waals surface area contributed by atoms with Crippen molar-refractivity contribution in [3.63, 3.8) is 0 Å². The molecule has 106 valence electrons. The van der Waals surface area contributed by atoms with E-state index in [1.54, 1.807) is 6.07 Å². The van der Waals surface area contributed by atoms with E-state index in [9.17, 15) is 4.39 Å². The SMILES string of the molecule is CNC(Cc1ccc(C)cc1)Cc1cc(F)ccc1C. The minimum atomic E-state index is -0.157. The number of hydrogen-bond acceptors (Lipinski definition) is 1. The number of halogens is 1. The zero-order chi connectivity index (χ0) is 14.5. The number of hydrogen-bond donors (Lipinski definition) is 1. The van der Waals surface area contributed by atoms with Crippen LogP contribution in [0.25, 0.3) is 0 Å². The fraction of sp³-hybridized carbons (Fsp3) is 0.333. The van der Waals surface area contributed by atoms with Crippen LogP contribution in [0.1, 0.15) is 22.3 Å². The van der Waals surface area contributed by atoms with E-state index in [2.05, 4.69) is 36.5 Å². The van der Waals surface area contributed by atoms with Crippen LogP contribution in [0.5, 0.6) is 0 Å². The molecule has 0 aliphatic carbocycles. The second-order valence-corrected chi connectivity index (χ2v) is 5.45. The van der Waals surface area contributed by atoms with Crippen LogP contribution in [0.3, 0.4) is 0 Å². The quantitative estimate of drug-likeness (QED) is 0.872. The monoisotopic (exact) mass is 271 g/mol. The van der Waals surface area contributed by atoms with Gasteiger partial charge in [0.25, 0.3) is 0 Å². The second kappa shape index (κ2) is 6.67. The highest BCUT2D eigenvalue weighted by molar-refractivity contribution is 5.28. The fourth-order valence-corrected chi connectivity index (χ4v) is 2.41. The highest BCUT2D eigenvalue weighted by atomic mass is 19.1. The highest BCUT2D eigenvalue weighted by Gasteiger charge is 2.10. The van der Waals surface area contributed by atoms with Gasteiger partial charge in [0.05, 0.1) is 0 Å². The Morgan fingerprint density at radius 1 is 1.00 bits per heavy atom. The fourth-order valence-electron chi connectivity index (χ4n) is 2.41. The summed E-state index contributed by atoms with van der Waals surface area (Å²) in [5.74, 6) is -0.157. The summed E-state index contributed by atoms with van der Waals surface area (Å²) in [5.41, 5.74) is 4.81. The van der Waals surface area contributed by atoms with E-state index in [0.29, 0.717) is 6.04 Å². The molecule has 20 heavy (non-hydrogen) atoms. The molecule has 1 unspecified atom stereocenters. The Morgan fingerprint density at radius 3 is 2.35 bits per heavy atom. The summed E-state index contributed by atoms with van der Waals surface area (Å²) in [5, 5.41) is 3.34. The summed E-state index contributed by atoms with van der Waals surface area (Å²) in [6, 6.07) is 13.9. The van der Waals surface area contributed by atoms with Crippen LogP contribution in [-0.4, -0.2) is 13.1 Å². The van der Waals surface area contributed by atoms with Crippen LogP contribution in [0.2, 0.25) is 0 Å². The van der Waals surface area contributed by atoms with E-state index in [1.807, 2.05) is 20.0 Å². The van der Waals surface area contributed by atoms with Gasteiger partial charge in [-0.25, -0.2) is 4.39 Å². The zero-order valence-corrected chi connectivity index (χ0v) is 12.4. The Labute approximate surface area is 120 Å². The summed E-state index contributed by atoms with van der Waals surface area (Å²) in [7, 11) is 1.97. The first-order valence-corrected chi connectivity index (χ1v) is 7.06. The molecule has 0 spiro atoms. The van der Waals surface area contributed by atoms with Crippen molar-refractivity contribution in [3.8, 4) is 0 Å². The molecule has 2 rings (SSSR count). The maximum Gasteiger partial charge on any atom is 0.123 e. The van der Waals surface area contributed by atoms with Gasteiger partial charge in [0, 0.05) is 6.04 Å². The summed E-state index contributed by atoms with van der Waals surface area (Å²) >= 11 is 0. The third-order valence-electron chi connectivity index (χ3n) is 3.79. The lowest BCUT2D eigenvalue weighted by Gasteiger charge is -2.18. The lowest BCUT2D eigenvalue weighted by Crippen LogP contribution is -2.30. The molecule has 0 heterocycles. The standard InChI is InChI=1S/C18H22FN/c1-13-4-7-15(8-5-13)10-18(20-3)12-16-11-17(19)9-6-14(16)2/h4-9,11,18,20H,10,12H2,1-3H3. The summed E-state index contributed by atoms with van der Waals surface area (Å²) in [4.78, 5) is 0. The van der Waals surface area contributed by atoms with Crippen LogP contribution >= 0.6 is 0 Å². The molecule has 0 radical (unpaired) electrons. The van der Waals surface area contributed by atoms with Crippen molar-refractivity contribution in [2.75, 3.05) is 7.05 Å². The number of rotatable bonds is 5. The number of aryl methyl sites for hydroxylation is 2. The molecule has 0 aromatic heterocycles. The van der Waals surface area contributed by atoms with Gasteiger partial charge in [-0.1, -0.05) is 35.9 Å². The summed E-state index contributed by atoms with van der Waals surface area (Å²) in [6.07, 6.45) is 1.79. The van der Waals surface area contributed by atoms with Gasteiger partial charge in [-0.05, 0) is 62.6 Å². The molecule has 1 atom stereocenters. The van der Waals surface area contributed by atoms with Gasteiger partial charge in [0.15, 0.2) is 0 Å². The summed E-state index contributed by atoms with van der Waals surface area (Å²) in [6.45, 7) is 4.13. The highest BCUT2D eigenvalue weighted by Crippen LogP contribution is 2.15. The molecule has 0 aliphatic rings. The van der Waals surface area contributed by atoms with Gasteiger partial charge in [0.2, 0.25) is 0 Å². The molecule has 0 amide bonds. The molecule has 0 saturated carbocycles. The van der Waals surface area contributed by atoms with Gasteiger partial charge in [-0.2, -0.15) is 0 Å². The molecule has 0 fully saturated rings. The Morgan fingerprint density at radius 2 is 1.70 bits per heavy atom. The first-order valence-electron chi connectivity index (χ1n) is 7.06. The first-order chi connectivity index (χ1) is 9.58. The Kier molecular flexibility index (Phi) is 4.91. The number of likely N-dealkylation sites (N-methyl/N-ethyl adjacent to an activating group) is 1. The van der Waals surface area contributed by atoms with Crippen molar-refractivity contribution in [2.45, 2.75) is 32.7 Å². The maximum atomic E-state index is 13.4. The number of benzene rings is 2. The normalized spacial score (nSPS) is 12.4. The van der Waals surface area contributed by atoms with E-state index in [0.717, 1.165) is 24.0 Å². The van der Waals surface area contributed by atoms with Gasteiger partial charge >= 0.3 is 0 Å². The smallest absolute Gasteiger partial charge is 0.123 e. The van der Waals surface area contributed by atoms with Crippen LogP contribution < -0.4 is 5.32 Å². The van der Waals surface area contributed by atoms with Crippen LogP contribution in [0.15, 0.2) is 42.5 Å². The first kappa shape index (κ1) is 14.7. The van der Waals surface area contributed by atoms with Crippen LogP contribution in [-0.2, 0) is 12.8 Å². The molecule has 2 aromatic rings. The summed E-state index contributed by atoms with van der Waals surface area (Å²) < 4.78 is 13.4. The van der Waals surface area contributed by atoms with Crippen molar-refractivity contribution in [1.82, 2.24) is 5.32 Å². The van der Waals surface area contributed by atoms with E-state index < -0.39 is 0 Å². The minimum absolute atomic E-state index is 0.157. The van der Waals surface area contributed by atoms with Crippen LogP contribution in [0, 0.1) is 19.7 Å². The zero-order valence-electron chi connectivity index (χ0n) is 12.4. The third kappa shape index (κ3) is 3.91. The third-order valence-corrected chi connectivity index (χ3v) is 3.79. The molecule has 1 N–H and O–H groups in total. The lowest BCUT2D eigenvalue weighted by atomic mass is 9.96. The van der Waals surface area contributed by atoms with Crippen molar-refractivity contribution in [2.24, 2.45) is 0 Å². The average Bonchev–Trinajstić information content (AvgIpc) is 2.44. The molecular weight excluding hydrogens is 249 g/mol.